The predicted octanol–water partition coefficient (Wildman–Crippen LogP) is 3.93. The number of ketones is 1. The maximum absolute atomic E-state index is 12.6. The quantitative estimate of drug-likeness (QED) is 0.662. The van der Waals surface area contributed by atoms with Crippen LogP contribution >= 0.6 is 15.9 Å². The molecule has 0 spiro atoms. The summed E-state index contributed by atoms with van der Waals surface area (Å²) in [5.74, 6) is 0.839. The van der Waals surface area contributed by atoms with Crippen molar-refractivity contribution < 1.29 is 9.53 Å². The second-order valence-corrected chi connectivity index (χ2v) is 6.80. The molecule has 21 heavy (non-hydrogen) atoms. The van der Waals surface area contributed by atoms with E-state index < -0.39 is 0 Å². The summed E-state index contributed by atoms with van der Waals surface area (Å²) in [6.07, 6.45) is 0. The summed E-state index contributed by atoms with van der Waals surface area (Å²) in [5.41, 5.74) is 8.68. The van der Waals surface area contributed by atoms with Crippen LogP contribution < -0.4 is 10.5 Å². The molecule has 0 aliphatic carbocycles. The smallest absolute Gasteiger partial charge is 0.193 e. The van der Waals surface area contributed by atoms with Crippen LogP contribution in [0.2, 0.25) is 0 Å². The van der Waals surface area contributed by atoms with Crippen molar-refractivity contribution in [3.63, 3.8) is 0 Å². The van der Waals surface area contributed by atoms with Gasteiger partial charge in [-0.3, -0.25) is 4.79 Å². The van der Waals surface area contributed by atoms with Crippen molar-refractivity contribution in [2.45, 2.75) is 19.3 Å². The van der Waals surface area contributed by atoms with Crippen LogP contribution in [-0.2, 0) is 5.41 Å². The van der Waals surface area contributed by atoms with Crippen molar-refractivity contribution in [2.75, 3.05) is 12.3 Å². The molecule has 0 aromatic heterocycles. The summed E-state index contributed by atoms with van der Waals surface area (Å²) < 4.78 is 6.45. The molecule has 1 aliphatic rings. The number of anilines is 1. The molecule has 0 radical (unpaired) electrons. The van der Waals surface area contributed by atoms with Crippen LogP contribution in [0.1, 0.15) is 35.3 Å². The number of nitrogens with two attached hydrogens (primary N) is 1. The zero-order valence-electron chi connectivity index (χ0n) is 11.9. The molecule has 4 heteroatoms. The van der Waals surface area contributed by atoms with Crippen molar-refractivity contribution >= 4 is 27.4 Å². The third kappa shape index (κ3) is 2.44. The van der Waals surface area contributed by atoms with Gasteiger partial charge in [0.2, 0.25) is 0 Å². The molecule has 108 valence electrons. The molecular formula is C17H16BrNO2. The molecule has 0 atom stereocenters. The first kappa shape index (κ1) is 14.1. The van der Waals surface area contributed by atoms with Gasteiger partial charge in [-0.2, -0.15) is 0 Å². The SMILES string of the molecule is CC1(C)COc2ccc(C(=O)c3ccc(Br)c(N)c3)cc21. The van der Waals surface area contributed by atoms with E-state index in [0.29, 0.717) is 23.4 Å². The van der Waals surface area contributed by atoms with E-state index in [-0.39, 0.29) is 11.2 Å². The highest BCUT2D eigenvalue weighted by Gasteiger charge is 2.32. The van der Waals surface area contributed by atoms with Crippen LogP contribution in [0.25, 0.3) is 0 Å². The average molecular weight is 346 g/mol. The molecule has 3 nitrogen and oxygen atoms in total. The molecule has 1 aliphatic heterocycles. The van der Waals surface area contributed by atoms with Crippen LogP contribution in [0.15, 0.2) is 40.9 Å². The summed E-state index contributed by atoms with van der Waals surface area (Å²) >= 11 is 3.34. The third-order valence-electron chi connectivity index (χ3n) is 3.82. The van der Waals surface area contributed by atoms with Crippen LogP contribution in [0, 0.1) is 0 Å². The Morgan fingerprint density at radius 3 is 2.57 bits per heavy atom. The summed E-state index contributed by atoms with van der Waals surface area (Å²) in [6.45, 7) is 4.88. The number of benzene rings is 2. The normalized spacial score (nSPS) is 15.4. The van der Waals surface area contributed by atoms with E-state index in [1.54, 1.807) is 24.3 Å². The monoisotopic (exact) mass is 345 g/mol. The Hall–Kier alpha value is -1.81. The number of carbonyl (C=O) groups is 1. The van der Waals surface area contributed by atoms with Gasteiger partial charge < -0.3 is 10.5 Å². The Bertz CT molecular complexity index is 738. The number of nitrogen functional groups attached to an aromatic ring is 1. The number of halogens is 1. The van der Waals surface area contributed by atoms with Gasteiger partial charge in [0.1, 0.15) is 5.75 Å². The molecule has 0 amide bonds. The van der Waals surface area contributed by atoms with Crippen LogP contribution in [0.3, 0.4) is 0 Å². The van der Waals surface area contributed by atoms with Gasteiger partial charge in [0, 0.05) is 32.3 Å². The number of carbonyl (C=O) groups excluding carboxylic acids is 1. The van der Waals surface area contributed by atoms with Gasteiger partial charge in [0.15, 0.2) is 5.78 Å². The van der Waals surface area contributed by atoms with Gasteiger partial charge in [-0.15, -0.1) is 0 Å². The third-order valence-corrected chi connectivity index (χ3v) is 4.54. The predicted molar refractivity (Wildman–Crippen MR) is 86.9 cm³/mol. The molecule has 0 unspecified atom stereocenters. The Labute approximate surface area is 132 Å². The van der Waals surface area contributed by atoms with E-state index in [4.69, 9.17) is 10.5 Å². The molecular weight excluding hydrogens is 330 g/mol. The van der Waals surface area contributed by atoms with Crippen molar-refractivity contribution in [1.29, 1.82) is 0 Å². The molecule has 2 N–H and O–H groups in total. The van der Waals surface area contributed by atoms with Gasteiger partial charge in [0.05, 0.1) is 6.61 Å². The Kier molecular flexibility index (Phi) is 3.29. The lowest BCUT2D eigenvalue weighted by atomic mass is 9.85. The van der Waals surface area contributed by atoms with Crippen molar-refractivity contribution in [3.05, 3.63) is 57.6 Å². The fourth-order valence-electron chi connectivity index (χ4n) is 2.51. The first-order valence-electron chi connectivity index (χ1n) is 6.75. The van der Waals surface area contributed by atoms with Gasteiger partial charge in [0.25, 0.3) is 0 Å². The number of hydrogen-bond donors (Lipinski definition) is 1. The highest BCUT2D eigenvalue weighted by Crippen LogP contribution is 2.39. The molecule has 3 rings (SSSR count). The van der Waals surface area contributed by atoms with Crippen LogP contribution in [-0.4, -0.2) is 12.4 Å². The largest absolute Gasteiger partial charge is 0.492 e. The fourth-order valence-corrected chi connectivity index (χ4v) is 2.76. The summed E-state index contributed by atoms with van der Waals surface area (Å²) in [7, 11) is 0. The van der Waals surface area contributed by atoms with E-state index >= 15 is 0 Å². The highest BCUT2D eigenvalue weighted by molar-refractivity contribution is 9.10. The van der Waals surface area contributed by atoms with E-state index in [1.165, 1.54) is 0 Å². The Morgan fingerprint density at radius 1 is 1.19 bits per heavy atom. The van der Waals surface area contributed by atoms with E-state index in [2.05, 4.69) is 29.8 Å². The van der Waals surface area contributed by atoms with Crippen LogP contribution in [0.5, 0.6) is 5.75 Å². The number of ether oxygens (including phenoxy) is 1. The van der Waals surface area contributed by atoms with E-state index in [0.717, 1.165) is 15.8 Å². The molecule has 2 aromatic carbocycles. The molecule has 0 saturated carbocycles. The summed E-state index contributed by atoms with van der Waals surface area (Å²) in [6, 6.07) is 10.9. The standard InChI is InChI=1S/C17H16BrNO2/c1-17(2)9-21-15-6-4-10(7-12(15)17)16(20)11-3-5-13(18)14(19)8-11/h3-8H,9,19H2,1-2H3. The zero-order valence-corrected chi connectivity index (χ0v) is 13.5. The maximum Gasteiger partial charge on any atom is 0.193 e. The van der Waals surface area contributed by atoms with Crippen LogP contribution in [0.4, 0.5) is 5.69 Å². The zero-order chi connectivity index (χ0) is 15.2. The first-order chi connectivity index (χ1) is 9.88. The van der Waals surface area contributed by atoms with Crippen molar-refractivity contribution in [3.8, 4) is 5.75 Å². The fraction of sp³-hybridized carbons (Fsp3) is 0.235. The van der Waals surface area contributed by atoms with Gasteiger partial charge in [-0.1, -0.05) is 13.8 Å². The molecule has 2 aromatic rings. The topological polar surface area (TPSA) is 52.3 Å². The maximum atomic E-state index is 12.6. The van der Waals surface area contributed by atoms with Crippen molar-refractivity contribution in [1.82, 2.24) is 0 Å². The second-order valence-electron chi connectivity index (χ2n) is 5.95. The Morgan fingerprint density at radius 2 is 1.86 bits per heavy atom. The number of fused-ring (bicyclic) bond motifs is 1. The molecule has 0 saturated heterocycles. The lowest BCUT2D eigenvalue weighted by Gasteiger charge is -2.15. The Balaban J connectivity index is 2.01. The number of hydrogen-bond acceptors (Lipinski definition) is 3. The first-order valence-corrected chi connectivity index (χ1v) is 7.55. The summed E-state index contributed by atoms with van der Waals surface area (Å²) in [4.78, 5) is 12.6. The lowest BCUT2D eigenvalue weighted by Crippen LogP contribution is -2.18. The second kappa shape index (κ2) is 4.88. The van der Waals surface area contributed by atoms with Crippen molar-refractivity contribution in [2.24, 2.45) is 0 Å². The average Bonchev–Trinajstić information content (AvgIpc) is 2.76. The minimum atomic E-state index is -0.0651. The van der Waals surface area contributed by atoms with E-state index in [1.807, 2.05) is 12.1 Å². The molecule has 0 bridgehead atoms. The number of rotatable bonds is 2. The van der Waals surface area contributed by atoms with Gasteiger partial charge in [-0.25, -0.2) is 0 Å². The minimum absolute atomic E-state index is 0.0281. The van der Waals surface area contributed by atoms with Gasteiger partial charge in [-0.05, 0) is 52.3 Å². The minimum Gasteiger partial charge on any atom is -0.492 e. The van der Waals surface area contributed by atoms with Gasteiger partial charge >= 0.3 is 0 Å². The molecule has 1 heterocycles. The van der Waals surface area contributed by atoms with E-state index in [9.17, 15) is 4.79 Å². The summed E-state index contributed by atoms with van der Waals surface area (Å²) in [5, 5.41) is 0. The lowest BCUT2D eigenvalue weighted by molar-refractivity contribution is 0.103. The highest BCUT2D eigenvalue weighted by atomic mass is 79.9. The molecule has 0 fully saturated rings.